The summed E-state index contributed by atoms with van der Waals surface area (Å²) in [5.41, 5.74) is 8.23. The van der Waals surface area contributed by atoms with Crippen LogP contribution < -0.4 is 37.4 Å². The second-order valence-corrected chi connectivity index (χ2v) is 13.6. The van der Waals surface area contributed by atoms with Crippen molar-refractivity contribution in [3.05, 3.63) is 132 Å². The molecule has 0 saturated carbocycles. The van der Waals surface area contributed by atoms with Crippen molar-refractivity contribution in [3.63, 3.8) is 0 Å². The van der Waals surface area contributed by atoms with Crippen LogP contribution >= 0.6 is 0 Å². The number of nitrogens with one attached hydrogen (secondary N) is 7. The van der Waals surface area contributed by atoms with Crippen molar-refractivity contribution in [1.29, 1.82) is 0 Å². The third-order valence-corrected chi connectivity index (χ3v) is 8.45. The van der Waals surface area contributed by atoms with Crippen LogP contribution in [0.1, 0.15) is 37.0 Å². The molecule has 0 unspecified atom stereocenters. The standard InChI is InChI=1S/C42H49N7O8/c1-28(2)22-34(41(55)49-48-32-16-10-5-11-17-32)46-40(54)36(23-29-12-6-3-7-13-29)45-38(52)26-43-37(51)25-44-39(53)35(24-30-18-20-33(50)21-19-30)47-42(56)57-27-31-14-8-4-9-15-31/h3-21,28,34-36,48,50H,22-27H2,1-2H3,(H,43,51)(H,44,53)(H,45,52)(H,46,54)(H,47,56)(H,49,55)/t34-,35-,36-/m0/s1. The summed E-state index contributed by atoms with van der Waals surface area (Å²) in [4.78, 5) is 78.6. The summed E-state index contributed by atoms with van der Waals surface area (Å²) in [6, 6.07) is 29.9. The summed E-state index contributed by atoms with van der Waals surface area (Å²) >= 11 is 0. The fourth-order valence-corrected chi connectivity index (χ4v) is 5.54. The van der Waals surface area contributed by atoms with Gasteiger partial charge in [-0.1, -0.05) is 105 Å². The largest absolute Gasteiger partial charge is 0.508 e. The van der Waals surface area contributed by atoms with Gasteiger partial charge in [0.25, 0.3) is 5.91 Å². The van der Waals surface area contributed by atoms with E-state index in [0.717, 1.165) is 11.1 Å². The van der Waals surface area contributed by atoms with Gasteiger partial charge < -0.3 is 36.4 Å². The number of anilines is 1. The lowest BCUT2D eigenvalue weighted by Crippen LogP contribution is -2.56. The Kier molecular flexibility index (Phi) is 16.9. The van der Waals surface area contributed by atoms with Crippen molar-refractivity contribution < 1.29 is 38.6 Å². The molecule has 4 aromatic rings. The van der Waals surface area contributed by atoms with Gasteiger partial charge in [-0.05, 0) is 53.3 Å². The number of amides is 6. The van der Waals surface area contributed by atoms with Crippen LogP contribution in [0.3, 0.4) is 0 Å². The van der Waals surface area contributed by atoms with Gasteiger partial charge in [0.1, 0.15) is 30.5 Å². The van der Waals surface area contributed by atoms with E-state index < -0.39 is 66.8 Å². The molecule has 0 heterocycles. The maximum atomic E-state index is 13.7. The fraction of sp³-hybridized carbons (Fsp3) is 0.286. The Hall–Kier alpha value is -6.90. The molecule has 0 aliphatic rings. The normalized spacial score (nSPS) is 12.2. The van der Waals surface area contributed by atoms with E-state index >= 15 is 0 Å². The van der Waals surface area contributed by atoms with E-state index in [9.17, 15) is 33.9 Å². The molecular formula is C42H49N7O8. The van der Waals surface area contributed by atoms with Gasteiger partial charge in [-0.2, -0.15) is 0 Å². The number of hydrogen-bond acceptors (Lipinski definition) is 9. The summed E-state index contributed by atoms with van der Waals surface area (Å²) in [5, 5.41) is 22.5. The summed E-state index contributed by atoms with van der Waals surface area (Å²) in [6.45, 7) is 2.75. The Morgan fingerprint density at radius 1 is 0.561 bits per heavy atom. The van der Waals surface area contributed by atoms with Crippen molar-refractivity contribution in [2.24, 2.45) is 5.92 Å². The molecule has 8 N–H and O–H groups in total. The minimum Gasteiger partial charge on any atom is -0.508 e. The number of phenols is 1. The number of ether oxygens (including phenoxy) is 1. The van der Waals surface area contributed by atoms with Gasteiger partial charge in [-0.3, -0.25) is 34.8 Å². The van der Waals surface area contributed by atoms with Gasteiger partial charge in [0.2, 0.25) is 23.6 Å². The van der Waals surface area contributed by atoms with Crippen molar-refractivity contribution in [2.45, 2.75) is 57.8 Å². The molecule has 0 aromatic heterocycles. The molecular weight excluding hydrogens is 731 g/mol. The summed E-state index contributed by atoms with van der Waals surface area (Å²) in [6.07, 6.45) is -0.413. The molecule has 6 amide bonds. The van der Waals surface area contributed by atoms with Crippen molar-refractivity contribution in [3.8, 4) is 5.75 Å². The predicted octanol–water partition coefficient (Wildman–Crippen LogP) is 2.86. The molecule has 300 valence electrons. The minimum absolute atomic E-state index is 0.0185. The van der Waals surface area contributed by atoms with Gasteiger partial charge in [0.05, 0.1) is 18.8 Å². The maximum Gasteiger partial charge on any atom is 0.408 e. The van der Waals surface area contributed by atoms with Gasteiger partial charge in [-0.15, -0.1) is 0 Å². The fourth-order valence-electron chi connectivity index (χ4n) is 5.54. The third-order valence-electron chi connectivity index (χ3n) is 8.45. The SMILES string of the molecule is CC(C)C[C@H](NC(=O)[C@H](Cc1ccccc1)NC(=O)CNC(=O)CNC(=O)[C@H](Cc1ccc(O)cc1)NC(=O)OCc1ccccc1)C(=O)NNc1ccccc1. The number of carbonyl (C=O) groups excluding carboxylic acids is 6. The summed E-state index contributed by atoms with van der Waals surface area (Å²) in [7, 11) is 0. The second-order valence-electron chi connectivity index (χ2n) is 13.6. The Labute approximate surface area is 331 Å². The molecule has 0 saturated heterocycles. The number of para-hydroxylation sites is 1. The zero-order valence-corrected chi connectivity index (χ0v) is 31.8. The van der Waals surface area contributed by atoms with Crippen LogP contribution in [-0.4, -0.2) is 72.0 Å². The number of phenolic OH excluding ortho intramolecular Hbond substituents is 1. The highest BCUT2D eigenvalue weighted by Gasteiger charge is 2.28. The number of benzene rings is 4. The number of aromatic hydroxyl groups is 1. The lowest BCUT2D eigenvalue weighted by atomic mass is 10.0. The van der Waals surface area contributed by atoms with Gasteiger partial charge in [-0.25, -0.2) is 4.79 Å². The highest BCUT2D eigenvalue weighted by molar-refractivity contribution is 5.94. The molecule has 0 radical (unpaired) electrons. The highest BCUT2D eigenvalue weighted by atomic mass is 16.5. The van der Waals surface area contributed by atoms with E-state index in [-0.39, 0.29) is 31.1 Å². The average molecular weight is 780 g/mol. The van der Waals surface area contributed by atoms with E-state index in [0.29, 0.717) is 17.7 Å². The summed E-state index contributed by atoms with van der Waals surface area (Å²) < 4.78 is 5.27. The minimum atomic E-state index is -1.15. The molecule has 4 aromatic carbocycles. The average Bonchev–Trinajstić information content (AvgIpc) is 3.21. The van der Waals surface area contributed by atoms with Crippen LogP contribution in [0.4, 0.5) is 10.5 Å². The van der Waals surface area contributed by atoms with Gasteiger partial charge >= 0.3 is 6.09 Å². The molecule has 0 aliphatic heterocycles. The zero-order chi connectivity index (χ0) is 41.0. The van der Waals surface area contributed by atoms with Crippen LogP contribution in [0, 0.1) is 5.92 Å². The molecule has 15 heteroatoms. The zero-order valence-electron chi connectivity index (χ0n) is 31.8. The van der Waals surface area contributed by atoms with Crippen molar-refractivity contribution in [2.75, 3.05) is 18.5 Å². The lowest BCUT2D eigenvalue weighted by Gasteiger charge is -2.24. The molecule has 4 rings (SSSR count). The van der Waals surface area contributed by atoms with Crippen LogP contribution in [0.5, 0.6) is 5.75 Å². The first-order valence-electron chi connectivity index (χ1n) is 18.5. The third kappa shape index (κ3) is 15.8. The Morgan fingerprint density at radius 3 is 1.72 bits per heavy atom. The van der Waals surface area contributed by atoms with Crippen molar-refractivity contribution >= 4 is 41.3 Å². The Balaban J connectivity index is 1.33. The molecule has 0 spiro atoms. The highest BCUT2D eigenvalue weighted by Crippen LogP contribution is 2.13. The second kappa shape index (κ2) is 22.5. The van der Waals surface area contributed by atoms with E-state index in [1.54, 1.807) is 84.9 Å². The number of hydrazine groups is 1. The van der Waals surface area contributed by atoms with Gasteiger partial charge in [0, 0.05) is 12.8 Å². The first-order valence-corrected chi connectivity index (χ1v) is 18.5. The quantitative estimate of drug-likeness (QED) is 0.0619. The molecule has 0 fully saturated rings. The van der Waals surface area contributed by atoms with Gasteiger partial charge in [0.15, 0.2) is 0 Å². The first kappa shape index (κ1) is 42.8. The molecule has 57 heavy (non-hydrogen) atoms. The predicted molar refractivity (Wildman–Crippen MR) is 213 cm³/mol. The van der Waals surface area contributed by atoms with E-state index in [4.69, 9.17) is 4.74 Å². The smallest absolute Gasteiger partial charge is 0.408 e. The Morgan fingerprint density at radius 2 is 1.11 bits per heavy atom. The van der Waals surface area contributed by atoms with Crippen LogP contribution in [-0.2, 0) is 48.2 Å². The van der Waals surface area contributed by atoms with Crippen LogP contribution in [0.25, 0.3) is 0 Å². The molecule has 0 aliphatic carbocycles. The number of carbonyl (C=O) groups is 6. The molecule has 3 atom stereocenters. The lowest BCUT2D eigenvalue weighted by molar-refractivity contribution is -0.132. The number of hydrogen-bond donors (Lipinski definition) is 8. The van der Waals surface area contributed by atoms with Crippen molar-refractivity contribution in [1.82, 2.24) is 32.0 Å². The van der Waals surface area contributed by atoms with E-state index in [1.807, 2.05) is 32.0 Å². The topological polar surface area (TPSA) is 216 Å². The van der Waals surface area contributed by atoms with Crippen LogP contribution in [0.2, 0.25) is 0 Å². The monoisotopic (exact) mass is 779 g/mol. The molecule has 0 bridgehead atoms. The Bertz CT molecular complexity index is 1910. The summed E-state index contributed by atoms with van der Waals surface area (Å²) in [5.74, 6) is -3.09. The molecule has 15 nitrogen and oxygen atoms in total. The van der Waals surface area contributed by atoms with Crippen LogP contribution in [0.15, 0.2) is 115 Å². The van der Waals surface area contributed by atoms with E-state index in [2.05, 4.69) is 37.4 Å². The van der Waals surface area contributed by atoms with E-state index in [1.165, 1.54) is 12.1 Å². The maximum absolute atomic E-state index is 13.7. The first-order chi connectivity index (χ1) is 27.4. The number of alkyl carbamates (subject to hydrolysis) is 1. The number of rotatable bonds is 20.